The van der Waals surface area contributed by atoms with Crippen molar-refractivity contribution >= 4 is 11.9 Å². The number of fused-ring (bicyclic) bond motifs is 2. The van der Waals surface area contributed by atoms with E-state index in [0.717, 1.165) is 31.4 Å². The number of nitrogens with one attached hydrogen (secondary N) is 1. The van der Waals surface area contributed by atoms with Crippen LogP contribution in [-0.2, 0) is 4.79 Å². The van der Waals surface area contributed by atoms with Crippen LogP contribution in [0, 0.1) is 29.4 Å². The molecular formula is C15H15F2NO3. The van der Waals surface area contributed by atoms with Crippen molar-refractivity contribution < 1.29 is 23.5 Å². The van der Waals surface area contributed by atoms with E-state index in [1.807, 2.05) is 0 Å². The summed E-state index contributed by atoms with van der Waals surface area (Å²) in [5.74, 6) is -3.71. The minimum atomic E-state index is -0.942. The van der Waals surface area contributed by atoms with Crippen molar-refractivity contribution in [3.8, 4) is 0 Å². The van der Waals surface area contributed by atoms with Gasteiger partial charge in [-0.3, -0.25) is 9.59 Å². The summed E-state index contributed by atoms with van der Waals surface area (Å²) < 4.78 is 26.5. The zero-order chi connectivity index (χ0) is 15.1. The molecular weight excluding hydrogens is 280 g/mol. The monoisotopic (exact) mass is 295 g/mol. The Balaban J connectivity index is 1.79. The van der Waals surface area contributed by atoms with Crippen LogP contribution in [0.1, 0.15) is 29.6 Å². The predicted octanol–water partition coefficient (Wildman–Crippen LogP) is 2.19. The summed E-state index contributed by atoms with van der Waals surface area (Å²) >= 11 is 0. The van der Waals surface area contributed by atoms with Gasteiger partial charge in [0.2, 0.25) is 0 Å². The van der Waals surface area contributed by atoms with Gasteiger partial charge in [-0.15, -0.1) is 0 Å². The summed E-state index contributed by atoms with van der Waals surface area (Å²) in [6.07, 6.45) is 2.53. The van der Waals surface area contributed by atoms with Gasteiger partial charge in [0.15, 0.2) is 0 Å². The summed E-state index contributed by atoms with van der Waals surface area (Å²) in [6, 6.07) is 2.25. The Morgan fingerprint density at radius 2 is 1.90 bits per heavy atom. The van der Waals surface area contributed by atoms with Gasteiger partial charge in [-0.05, 0) is 43.2 Å². The maximum absolute atomic E-state index is 13.6. The number of carboxylic acids is 1. The molecule has 1 amide bonds. The summed E-state index contributed by atoms with van der Waals surface area (Å²) in [7, 11) is 0. The number of carboxylic acid groups (broad SMARTS) is 1. The second kappa shape index (κ2) is 5.09. The molecule has 0 radical (unpaired) electrons. The van der Waals surface area contributed by atoms with Crippen LogP contribution in [0.15, 0.2) is 18.2 Å². The molecule has 0 heterocycles. The average Bonchev–Trinajstić information content (AvgIpc) is 2.98. The molecule has 6 heteroatoms. The van der Waals surface area contributed by atoms with E-state index in [0.29, 0.717) is 6.07 Å². The van der Waals surface area contributed by atoms with Crippen molar-refractivity contribution in [2.24, 2.45) is 17.8 Å². The first-order valence-electron chi connectivity index (χ1n) is 6.96. The number of hydrogen-bond acceptors (Lipinski definition) is 2. The molecule has 112 valence electrons. The maximum atomic E-state index is 13.6. The first-order chi connectivity index (χ1) is 9.97. The SMILES string of the molecule is O=C(NC1C2CCC(C2)C1C(=O)O)c1ccc(F)cc1F. The number of rotatable bonds is 3. The number of benzene rings is 1. The van der Waals surface area contributed by atoms with E-state index in [4.69, 9.17) is 0 Å². The van der Waals surface area contributed by atoms with E-state index < -0.39 is 35.5 Å². The lowest BCUT2D eigenvalue weighted by atomic mass is 9.84. The molecule has 2 fully saturated rings. The highest BCUT2D eigenvalue weighted by molar-refractivity contribution is 5.95. The highest BCUT2D eigenvalue weighted by Gasteiger charge is 2.51. The van der Waals surface area contributed by atoms with E-state index in [9.17, 15) is 23.5 Å². The highest BCUT2D eigenvalue weighted by Crippen LogP contribution is 2.48. The number of amides is 1. The fourth-order valence-electron chi connectivity index (χ4n) is 3.76. The molecule has 3 rings (SSSR count). The molecule has 2 saturated carbocycles. The zero-order valence-electron chi connectivity index (χ0n) is 11.2. The largest absolute Gasteiger partial charge is 0.481 e. The van der Waals surface area contributed by atoms with Gasteiger partial charge in [-0.1, -0.05) is 0 Å². The van der Waals surface area contributed by atoms with E-state index in [1.54, 1.807) is 0 Å². The summed E-state index contributed by atoms with van der Waals surface area (Å²) in [4.78, 5) is 23.5. The third-order valence-electron chi connectivity index (χ3n) is 4.68. The molecule has 21 heavy (non-hydrogen) atoms. The third kappa shape index (κ3) is 2.39. The highest BCUT2D eigenvalue weighted by atomic mass is 19.1. The van der Waals surface area contributed by atoms with Crippen LogP contribution in [0.5, 0.6) is 0 Å². The molecule has 0 spiro atoms. The predicted molar refractivity (Wildman–Crippen MR) is 69.6 cm³/mol. The molecule has 2 bridgehead atoms. The van der Waals surface area contributed by atoms with Crippen LogP contribution in [0.4, 0.5) is 8.78 Å². The van der Waals surface area contributed by atoms with Gasteiger partial charge >= 0.3 is 5.97 Å². The average molecular weight is 295 g/mol. The fraction of sp³-hybridized carbons (Fsp3) is 0.467. The number of carbonyl (C=O) groups excluding carboxylic acids is 1. The maximum Gasteiger partial charge on any atom is 0.308 e. The van der Waals surface area contributed by atoms with Gasteiger partial charge in [-0.25, -0.2) is 8.78 Å². The smallest absolute Gasteiger partial charge is 0.308 e. The minimum absolute atomic E-state index is 0.0795. The van der Waals surface area contributed by atoms with Crippen LogP contribution in [0.2, 0.25) is 0 Å². The van der Waals surface area contributed by atoms with Crippen LogP contribution < -0.4 is 5.32 Å². The second-order valence-electron chi connectivity index (χ2n) is 5.82. The lowest BCUT2D eigenvalue weighted by molar-refractivity contribution is -0.144. The molecule has 4 atom stereocenters. The summed E-state index contributed by atoms with van der Waals surface area (Å²) in [5, 5.41) is 11.9. The fourth-order valence-corrected chi connectivity index (χ4v) is 3.76. The molecule has 1 aromatic rings. The number of halogens is 2. The topological polar surface area (TPSA) is 66.4 Å². The van der Waals surface area contributed by atoms with Gasteiger partial charge in [-0.2, -0.15) is 0 Å². The van der Waals surface area contributed by atoms with E-state index >= 15 is 0 Å². The number of carbonyl (C=O) groups is 2. The van der Waals surface area contributed by atoms with Gasteiger partial charge in [0, 0.05) is 12.1 Å². The zero-order valence-corrected chi connectivity index (χ0v) is 11.2. The van der Waals surface area contributed by atoms with Gasteiger partial charge < -0.3 is 10.4 Å². The molecule has 0 saturated heterocycles. The number of hydrogen-bond donors (Lipinski definition) is 2. The van der Waals surface area contributed by atoms with Gasteiger partial charge in [0.25, 0.3) is 5.91 Å². The summed E-state index contributed by atoms with van der Waals surface area (Å²) in [5.41, 5.74) is -0.261. The van der Waals surface area contributed by atoms with Crippen molar-refractivity contribution in [3.63, 3.8) is 0 Å². The van der Waals surface area contributed by atoms with Crippen molar-refractivity contribution in [1.29, 1.82) is 0 Å². The lowest BCUT2D eigenvalue weighted by Crippen LogP contribution is -2.47. The Bertz CT molecular complexity index is 605. The second-order valence-corrected chi connectivity index (χ2v) is 5.82. The van der Waals surface area contributed by atoms with Crippen LogP contribution >= 0.6 is 0 Å². The quantitative estimate of drug-likeness (QED) is 0.898. The van der Waals surface area contributed by atoms with E-state index in [2.05, 4.69) is 5.32 Å². The van der Waals surface area contributed by atoms with Crippen LogP contribution in [0.25, 0.3) is 0 Å². The first kappa shape index (κ1) is 14.0. The Morgan fingerprint density at radius 1 is 1.19 bits per heavy atom. The van der Waals surface area contributed by atoms with E-state index in [1.165, 1.54) is 0 Å². The van der Waals surface area contributed by atoms with Gasteiger partial charge in [0.05, 0.1) is 11.5 Å². The molecule has 2 aliphatic rings. The van der Waals surface area contributed by atoms with Crippen LogP contribution in [0.3, 0.4) is 0 Å². The molecule has 0 aromatic heterocycles. The van der Waals surface area contributed by atoms with E-state index in [-0.39, 0.29) is 17.4 Å². The molecule has 2 aliphatic carbocycles. The minimum Gasteiger partial charge on any atom is -0.481 e. The molecule has 4 unspecified atom stereocenters. The Kier molecular flexibility index (Phi) is 3.39. The third-order valence-corrected chi connectivity index (χ3v) is 4.68. The normalized spacial score (nSPS) is 30.4. The molecule has 0 aliphatic heterocycles. The van der Waals surface area contributed by atoms with Crippen molar-refractivity contribution in [2.75, 3.05) is 0 Å². The Morgan fingerprint density at radius 3 is 2.57 bits per heavy atom. The molecule has 4 nitrogen and oxygen atoms in total. The Labute approximate surface area is 120 Å². The van der Waals surface area contributed by atoms with Crippen molar-refractivity contribution in [1.82, 2.24) is 5.32 Å². The van der Waals surface area contributed by atoms with Gasteiger partial charge in [0.1, 0.15) is 11.6 Å². The number of aliphatic carboxylic acids is 1. The lowest BCUT2D eigenvalue weighted by Gasteiger charge is -2.28. The van der Waals surface area contributed by atoms with Crippen molar-refractivity contribution in [2.45, 2.75) is 25.3 Å². The first-order valence-corrected chi connectivity index (χ1v) is 6.96. The molecule has 2 N–H and O–H groups in total. The summed E-state index contributed by atoms with van der Waals surface area (Å²) in [6.45, 7) is 0. The Hall–Kier alpha value is -1.98. The van der Waals surface area contributed by atoms with Crippen molar-refractivity contribution in [3.05, 3.63) is 35.4 Å². The van der Waals surface area contributed by atoms with Crippen LogP contribution in [-0.4, -0.2) is 23.0 Å². The standard InChI is InChI=1S/C15H15F2NO3/c16-9-3-4-10(11(17)6-9)14(19)18-13-8-2-1-7(5-8)12(13)15(20)21/h3-4,6-8,12-13H,1-2,5H2,(H,18,19)(H,20,21). The molecule has 1 aromatic carbocycles.